The summed E-state index contributed by atoms with van der Waals surface area (Å²) in [4.78, 5) is 12.2. The van der Waals surface area contributed by atoms with Gasteiger partial charge in [0, 0.05) is 9.13 Å². The standard InChI is InChI=1S/C23H21IN2O3/c1-2-28-21-12-8-19(9-13-21)23(27)26-25-15-18-4-3-5-22(14-18)29-16-17-6-10-20(24)11-7-17/h3-15H,2,16H2,1H3,(H,26,27)/b25-15+. The summed E-state index contributed by atoms with van der Waals surface area (Å²) < 4.78 is 12.4. The van der Waals surface area contributed by atoms with Crippen LogP contribution in [0.25, 0.3) is 0 Å². The van der Waals surface area contributed by atoms with Gasteiger partial charge in [0.25, 0.3) is 5.91 Å². The minimum absolute atomic E-state index is 0.282. The molecule has 29 heavy (non-hydrogen) atoms. The van der Waals surface area contributed by atoms with Gasteiger partial charge in [-0.15, -0.1) is 0 Å². The van der Waals surface area contributed by atoms with E-state index in [4.69, 9.17) is 9.47 Å². The van der Waals surface area contributed by atoms with E-state index in [2.05, 4.69) is 45.3 Å². The molecule has 148 valence electrons. The normalized spacial score (nSPS) is 10.7. The van der Waals surface area contributed by atoms with Crippen LogP contribution in [0.1, 0.15) is 28.4 Å². The second-order valence-corrected chi connectivity index (χ2v) is 7.39. The summed E-state index contributed by atoms with van der Waals surface area (Å²) in [5.41, 5.74) is 4.98. The van der Waals surface area contributed by atoms with Crippen LogP contribution in [0.3, 0.4) is 0 Å². The Kier molecular flexibility index (Phi) is 7.63. The van der Waals surface area contributed by atoms with Gasteiger partial charge in [-0.1, -0.05) is 24.3 Å². The molecule has 0 heterocycles. The van der Waals surface area contributed by atoms with Crippen molar-refractivity contribution in [3.63, 3.8) is 0 Å². The van der Waals surface area contributed by atoms with Crippen molar-refractivity contribution < 1.29 is 14.3 Å². The van der Waals surface area contributed by atoms with Gasteiger partial charge in [0.2, 0.25) is 0 Å². The first-order chi connectivity index (χ1) is 14.1. The third-order valence-corrected chi connectivity index (χ3v) is 4.70. The number of halogens is 1. The Morgan fingerprint density at radius 1 is 1.00 bits per heavy atom. The van der Waals surface area contributed by atoms with E-state index in [1.165, 1.54) is 3.57 Å². The van der Waals surface area contributed by atoms with Gasteiger partial charge in [-0.05, 0) is 89.2 Å². The molecule has 0 aliphatic carbocycles. The predicted molar refractivity (Wildman–Crippen MR) is 123 cm³/mol. The first-order valence-corrected chi connectivity index (χ1v) is 10.3. The molecule has 0 fully saturated rings. The van der Waals surface area contributed by atoms with Gasteiger partial charge in [0.15, 0.2) is 0 Å². The molecule has 1 N–H and O–H groups in total. The second-order valence-electron chi connectivity index (χ2n) is 6.14. The molecule has 0 aliphatic heterocycles. The molecule has 0 aromatic heterocycles. The summed E-state index contributed by atoms with van der Waals surface area (Å²) in [5.74, 6) is 1.19. The van der Waals surface area contributed by atoms with Gasteiger partial charge >= 0.3 is 0 Å². The number of hydrazone groups is 1. The van der Waals surface area contributed by atoms with E-state index in [0.717, 1.165) is 22.6 Å². The lowest BCUT2D eigenvalue weighted by Crippen LogP contribution is -2.17. The Hall–Kier alpha value is -2.87. The van der Waals surface area contributed by atoms with Crippen LogP contribution in [0.15, 0.2) is 77.9 Å². The van der Waals surface area contributed by atoms with Crippen molar-refractivity contribution in [1.29, 1.82) is 0 Å². The number of amides is 1. The SMILES string of the molecule is CCOc1ccc(C(=O)N/N=C/c2cccc(OCc3ccc(I)cc3)c2)cc1. The molecule has 0 atom stereocenters. The number of carbonyl (C=O) groups is 1. The third-order valence-electron chi connectivity index (χ3n) is 3.98. The smallest absolute Gasteiger partial charge is 0.271 e. The summed E-state index contributed by atoms with van der Waals surface area (Å²) in [5, 5.41) is 4.03. The summed E-state index contributed by atoms with van der Waals surface area (Å²) in [6, 6.07) is 22.7. The van der Waals surface area contributed by atoms with E-state index in [0.29, 0.717) is 18.8 Å². The monoisotopic (exact) mass is 500 g/mol. The summed E-state index contributed by atoms with van der Waals surface area (Å²) >= 11 is 2.28. The zero-order chi connectivity index (χ0) is 20.5. The lowest BCUT2D eigenvalue weighted by Gasteiger charge is -2.07. The number of nitrogens with one attached hydrogen (secondary N) is 1. The first-order valence-electron chi connectivity index (χ1n) is 9.17. The molecule has 3 aromatic rings. The van der Waals surface area contributed by atoms with Crippen molar-refractivity contribution in [1.82, 2.24) is 5.43 Å². The molecule has 3 rings (SSSR count). The van der Waals surface area contributed by atoms with Gasteiger partial charge in [0.1, 0.15) is 18.1 Å². The minimum atomic E-state index is -0.282. The second kappa shape index (κ2) is 10.6. The summed E-state index contributed by atoms with van der Waals surface area (Å²) in [6.07, 6.45) is 1.59. The third kappa shape index (κ3) is 6.60. The first kappa shape index (κ1) is 20.9. The fourth-order valence-electron chi connectivity index (χ4n) is 2.53. The molecule has 6 heteroatoms. The van der Waals surface area contributed by atoms with Crippen LogP contribution >= 0.6 is 22.6 Å². The van der Waals surface area contributed by atoms with Crippen LogP contribution < -0.4 is 14.9 Å². The average molecular weight is 500 g/mol. The van der Waals surface area contributed by atoms with E-state index in [-0.39, 0.29) is 5.91 Å². The highest BCUT2D eigenvalue weighted by Gasteiger charge is 2.04. The summed E-state index contributed by atoms with van der Waals surface area (Å²) in [7, 11) is 0. The molecule has 0 saturated carbocycles. The molecule has 0 unspecified atom stereocenters. The number of hydrogen-bond acceptors (Lipinski definition) is 4. The van der Waals surface area contributed by atoms with Gasteiger partial charge in [-0.2, -0.15) is 5.10 Å². The molecule has 0 saturated heterocycles. The van der Waals surface area contributed by atoms with E-state index >= 15 is 0 Å². The number of ether oxygens (including phenoxy) is 2. The number of rotatable bonds is 8. The highest BCUT2D eigenvalue weighted by Crippen LogP contribution is 2.15. The number of benzene rings is 3. The average Bonchev–Trinajstić information content (AvgIpc) is 2.74. The largest absolute Gasteiger partial charge is 0.494 e. The maximum Gasteiger partial charge on any atom is 0.271 e. The van der Waals surface area contributed by atoms with Crippen molar-refractivity contribution in [3.8, 4) is 11.5 Å². The Morgan fingerprint density at radius 2 is 1.76 bits per heavy atom. The van der Waals surface area contributed by atoms with Crippen LogP contribution in [-0.4, -0.2) is 18.7 Å². The quantitative estimate of drug-likeness (QED) is 0.268. The highest BCUT2D eigenvalue weighted by molar-refractivity contribution is 14.1. The molecule has 1 amide bonds. The van der Waals surface area contributed by atoms with Gasteiger partial charge in [-0.25, -0.2) is 5.43 Å². The van der Waals surface area contributed by atoms with Crippen molar-refractivity contribution >= 4 is 34.7 Å². The Labute approximate surface area is 183 Å². The molecular formula is C23H21IN2O3. The maximum atomic E-state index is 12.2. The Bertz CT molecular complexity index is 970. The fraction of sp³-hybridized carbons (Fsp3) is 0.130. The molecule has 3 aromatic carbocycles. The van der Waals surface area contributed by atoms with Crippen LogP contribution in [0, 0.1) is 3.57 Å². The van der Waals surface area contributed by atoms with Gasteiger partial charge in [-0.3, -0.25) is 4.79 Å². The van der Waals surface area contributed by atoms with Gasteiger partial charge < -0.3 is 9.47 Å². The lowest BCUT2D eigenvalue weighted by molar-refractivity contribution is 0.0955. The molecule has 0 spiro atoms. The number of nitrogens with zero attached hydrogens (tertiary/aromatic N) is 1. The highest BCUT2D eigenvalue weighted by atomic mass is 127. The molecule has 0 radical (unpaired) electrons. The van der Waals surface area contributed by atoms with E-state index in [1.807, 2.05) is 43.3 Å². The van der Waals surface area contributed by atoms with Gasteiger partial charge in [0.05, 0.1) is 12.8 Å². The zero-order valence-corrected chi connectivity index (χ0v) is 18.1. The van der Waals surface area contributed by atoms with E-state index < -0.39 is 0 Å². The van der Waals surface area contributed by atoms with Crippen LogP contribution in [0.2, 0.25) is 0 Å². The number of carbonyl (C=O) groups excluding carboxylic acids is 1. The molecule has 0 aliphatic rings. The molecule has 0 bridgehead atoms. The fourth-order valence-corrected chi connectivity index (χ4v) is 2.89. The van der Waals surface area contributed by atoms with Crippen LogP contribution in [0.5, 0.6) is 11.5 Å². The minimum Gasteiger partial charge on any atom is -0.494 e. The van der Waals surface area contributed by atoms with Crippen molar-refractivity contribution in [2.45, 2.75) is 13.5 Å². The van der Waals surface area contributed by atoms with Crippen molar-refractivity contribution in [2.24, 2.45) is 5.10 Å². The Morgan fingerprint density at radius 3 is 2.48 bits per heavy atom. The predicted octanol–water partition coefficient (Wildman–Crippen LogP) is 5.03. The van der Waals surface area contributed by atoms with E-state index in [1.54, 1.807) is 30.5 Å². The van der Waals surface area contributed by atoms with Crippen molar-refractivity contribution in [3.05, 3.63) is 93.1 Å². The molecule has 5 nitrogen and oxygen atoms in total. The van der Waals surface area contributed by atoms with E-state index in [9.17, 15) is 4.79 Å². The van der Waals surface area contributed by atoms with Crippen LogP contribution in [-0.2, 0) is 6.61 Å². The maximum absolute atomic E-state index is 12.2. The summed E-state index contributed by atoms with van der Waals surface area (Å²) in [6.45, 7) is 2.99. The topological polar surface area (TPSA) is 59.9 Å². The lowest BCUT2D eigenvalue weighted by atomic mass is 10.2. The Balaban J connectivity index is 1.54. The zero-order valence-electron chi connectivity index (χ0n) is 16.0. The van der Waals surface area contributed by atoms with Crippen LogP contribution in [0.4, 0.5) is 0 Å². The molecular weight excluding hydrogens is 479 g/mol. The number of hydrogen-bond donors (Lipinski definition) is 1. The van der Waals surface area contributed by atoms with Crippen molar-refractivity contribution in [2.75, 3.05) is 6.61 Å².